The molecule has 0 aliphatic carbocycles. The van der Waals surface area contributed by atoms with Crippen LogP contribution in [-0.4, -0.2) is 52.9 Å². The summed E-state index contributed by atoms with van der Waals surface area (Å²) in [4.78, 5) is 6.85. The molecule has 29 heavy (non-hydrogen) atoms. The van der Waals surface area contributed by atoms with Crippen molar-refractivity contribution in [3.05, 3.63) is 47.5 Å². The summed E-state index contributed by atoms with van der Waals surface area (Å²) >= 11 is 0. The normalized spacial score (nSPS) is 11.0. The summed E-state index contributed by atoms with van der Waals surface area (Å²) in [6.07, 6.45) is 0. The van der Waals surface area contributed by atoms with Crippen molar-refractivity contribution < 1.29 is 18.9 Å². The molecular formula is C22H31N3O4. The van der Waals surface area contributed by atoms with Crippen molar-refractivity contribution in [2.75, 3.05) is 42.0 Å². The topological polar surface area (TPSA) is 64.6 Å². The van der Waals surface area contributed by atoms with Crippen molar-refractivity contribution in [1.29, 1.82) is 0 Å². The Morgan fingerprint density at radius 2 is 1.55 bits per heavy atom. The van der Waals surface area contributed by atoms with Crippen molar-refractivity contribution in [2.45, 2.75) is 20.0 Å². The number of guanidine groups is 1. The van der Waals surface area contributed by atoms with E-state index in [0.717, 1.165) is 29.4 Å². The number of para-hydroxylation sites is 1. The number of nitrogens with zero attached hydrogens (tertiary/aromatic N) is 2. The van der Waals surface area contributed by atoms with Crippen LogP contribution in [0.1, 0.15) is 18.1 Å². The highest BCUT2D eigenvalue weighted by Crippen LogP contribution is 2.38. The van der Waals surface area contributed by atoms with Crippen LogP contribution in [0.25, 0.3) is 0 Å². The molecule has 0 heterocycles. The molecule has 0 saturated heterocycles. The number of hydrogen-bond acceptors (Lipinski definition) is 5. The quantitative estimate of drug-likeness (QED) is 0.514. The Hall–Kier alpha value is -3.09. The molecular weight excluding hydrogens is 370 g/mol. The van der Waals surface area contributed by atoms with E-state index in [2.05, 4.69) is 16.3 Å². The molecule has 2 aromatic rings. The molecule has 7 nitrogen and oxygen atoms in total. The molecule has 1 N–H and O–H groups in total. The van der Waals surface area contributed by atoms with Gasteiger partial charge in [0.25, 0.3) is 0 Å². The highest BCUT2D eigenvalue weighted by atomic mass is 16.5. The van der Waals surface area contributed by atoms with E-state index in [4.69, 9.17) is 23.9 Å². The fraction of sp³-hybridized carbons (Fsp3) is 0.409. The molecule has 0 spiro atoms. The van der Waals surface area contributed by atoms with Crippen LogP contribution in [0.4, 0.5) is 0 Å². The smallest absolute Gasteiger partial charge is 0.203 e. The molecule has 158 valence electrons. The Balaban J connectivity index is 2.24. The third kappa shape index (κ3) is 5.70. The van der Waals surface area contributed by atoms with Crippen molar-refractivity contribution >= 4 is 5.96 Å². The first-order valence-corrected chi connectivity index (χ1v) is 9.48. The van der Waals surface area contributed by atoms with Gasteiger partial charge in [-0.25, -0.2) is 4.99 Å². The zero-order chi connectivity index (χ0) is 21.2. The molecule has 2 aromatic carbocycles. The summed E-state index contributed by atoms with van der Waals surface area (Å²) < 4.78 is 21.7. The summed E-state index contributed by atoms with van der Waals surface area (Å²) in [7, 11) is 8.49. The first-order chi connectivity index (χ1) is 14.1. The molecule has 0 unspecified atom stereocenters. The van der Waals surface area contributed by atoms with Gasteiger partial charge in [0.05, 0.1) is 35.0 Å². The highest BCUT2D eigenvalue weighted by Gasteiger charge is 2.14. The van der Waals surface area contributed by atoms with Gasteiger partial charge in [0.1, 0.15) is 5.75 Å². The van der Waals surface area contributed by atoms with Gasteiger partial charge in [-0.15, -0.1) is 0 Å². The van der Waals surface area contributed by atoms with E-state index in [1.165, 1.54) is 0 Å². The Labute approximate surface area is 173 Å². The number of ether oxygens (including phenoxy) is 4. The molecule has 0 amide bonds. The molecule has 0 aromatic heterocycles. The maximum atomic E-state index is 5.46. The van der Waals surface area contributed by atoms with Crippen molar-refractivity contribution in [1.82, 2.24) is 10.2 Å². The van der Waals surface area contributed by atoms with E-state index >= 15 is 0 Å². The number of rotatable bonds is 9. The fourth-order valence-electron chi connectivity index (χ4n) is 3.03. The lowest BCUT2D eigenvalue weighted by atomic mass is 10.2. The van der Waals surface area contributed by atoms with Gasteiger partial charge in [-0.1, -0.05) is 18.2 Å². The summed E-state index contributed by atoms with van der Waals surface area (Å²) in [5, 5.41) is 3.34. The van der Waals surface area contributed by atoms with E-state index in [0.29, 0.717) is 30.3 Å². The van der Waals surface area contributed by atoms with Gasteiger partial charge >= 0.3 is 0 Å². The van der Waals surface area contributed by atoms with E-state index < -0.39 is 0 Å². The highest BCUT2D eigenvalue weighted by molar-refractivity contribution is 5.79. The molecule has 0 aliphatic heterocycles. The second-order valence-electron chi connectivity index (χ2n) is 6.37. The zero-order valence-electron chi connectivity index (χ0n) is 18.1. The SMILES string of the molecule is CCNC(=NCc1cc(OC)c(OC)c(OC)c1)N(C)Cc1ccccc1OC. The fourth-order valence-corrected chi connectivity index (χ4v) is 3.03. The molecule has 0 bridgehead atoms. The van der Waals surface area contributed by atoms with Gasteiger partial charge in [-0.05, 0) is 30.7 Å². The maximum absolute atomic E-state index is 5.46. The second-order valence-corrected chi connectivity index (χ2v) is 6.37. The summed E-state index contributed by atoms with van der Waals surface area (Å²) in [6.45, 7) is 3.96. The van der Waals surface area contributed by atoms with Gasteiger partial charge in [0, 0.05) is 25.7 Å². The largest absolute Gasteiger partial charge is 0.496 e. The molecule has 0 aliphatic rings. The number of hydrogen-bond donors (Lipinski definition) is 1. The summed E-state index contributed by atoms with van der Waals surface area (Å²) in [5.74, 6) is 3.46. The van der Waals surface area contributed by atoms with E-state index in [1.807, 2.05) is 44.3 Å². The molecule has 0 fully saturated rings. The lowest BCUT2D eigenvalue weighted by Crippen LogP contribution is -2.38. The monoisotopic (exact) mass is 401 g/mol. The summed E-state index contributed by atoms with van der Waals surface area (Å²) in [6, 6.07) is 11.8. The van der Waals surface area contributed by atoms with Gasteiger partial charge < -0.3 is 29.2 Å². The van der Waals surface area contributed by atoms with Crippen LogP contribution < -0.4 is 24.3 Å². The van der Waals surface area contributed by atoms with Gasteiger partial charge in [-0.3, -0.25) is 0 Å². The van der Waals surface area contributed by atoms with Gasteiger partial charge in [0.15, 0.2) is 17.5 Å². The van der Waals surface area contributed by atoms with Gasteiger partial charge in [0.2, 0.25) is 5.75 Å². The Morgan fingerprint density at radius 1 is 0.931 bits per heavy atom. The Bertz CT molecular complexity index is 798. The Kier molecular flexibility index (Phi) is 8.45. The van der Waals surface area contributed by atoms with Crippen molar-refractivity contribution in [3.8, 4) is 23.0 Å². The van der Waals surface area contributed by atoms with Crippen LogP contribution in [0, 0.1) is 0 Å². The third-order valence-electron chi connectivity index (χ3n) is 4.43. The summed E-state index contributed by atoms with van der Waals surface area (Å²) in [5.41, 5.74) is 2.05. The lowest BCUT2D eigenvalue weighted by Gasteiger charge is -2.23. The maximum Gasteiger partial charge on any atom is 0.203 e. The number of nitrogens with one attached hydrogen (secondary N) is 1. The van der Waals surface area contributed by atoms with Crippen LogP contribution in [0.2, 0.25) is 0 Å². The van der Waals surface area contributed by atoms with E-state index in [9.17, 15) is 0 Å². The predicted octanol–water partition coefficient (Wildman–Crippen LogP) is 3.32. The predicted molar refractivity (Wildman–Crippen MR) is 115 cm³/mol. The van der Waals surface area contributed by atoms with Crippen molar-refractivity contribution in [2.24, 2.45) is 4.99 Å². The van der Waals surface area contributed by atoms with Gasteiger partial charge in [-0.2, -0.15) is 0 Å². The first kappa shape index (κ1) is 22.2. The van der Waals surface area contributed by atoms with Crippen LogP contribution in [-0.2, 0) is 13.1 Å². The molecule has 2 rings (SSSR count). The van der Waals surface area contributed by atoms with Crippen molar-refractivity contribution in [3.63, 3.8) is 0 Å². The van der Waals surface area contributed by atoms with E-state index in [1.54, 1.807) is 28.4 Å². The standard InChI is InChI=1S/C22H31N3O4/c1-7-23-22(25(2)15-17-10-8-9-11-18(17)26-3)24-14-16-12-19(27-4)21(29-6)20(13-16)28-5/h8-13H,7,14-15H2,1-6H3,(H,23,24). The molecule has 0 radical (unpaired) electrons. The number of aliphatic imine (C=N–C) groups is 1. The molecule has 0 atom stereocenters. The molecule has 0 saturated carbocycles. The average molecular weight is 402 g/mol. The first-order valence-electron chi connectivity index (χ1n) is 9.48. The minimum Gasteiger partial charge on any atom is -0.496 e. The number of methoxy groups -OCH3 is 4. The average Bonchev–Trinajstić information content (AvgIpc) is 2.75. The van der Waals surface area contributed by atoms with Crippen LogP contribution in [0.15, 0.2) is 41.4 Å². The van der Waals surface area contributed by atoms with Crippen LogP contribution in [0.5, 0.6) is 23.0 Å². The van der Waals surface area contributed by atoms with E-state index in [-0.39, 0.29) is 0 Å². The lowest BCUT2D eigenvalue weighted by molar-refractivity contribution is 0.324. The molecule has 7 heteroatoms. The Morgan fingerprint density at radius 3 is 2.10 bits per heavy atom. The zero-order valence-corrected chi connectivity index (χ0v) is 18.1. The number of benzene rings is 2. The van der Waals surface area contributed by atoms with Crippen LogP contribution >= 0.6 is 0 Å². The van der Waals surface area contributed by atoms with Crippen LogP contribution in [0.3, 0.4) is 0 Å². The minimum atomic E-state index is 0.468. The third-order valence-corrected chi connectivity index (χ3v) is 4.43. The minimum absolute atomic E-state index is 0.468. The second kappa shape index (κ2) is 11.0.